The molecule has 0 atom stereocenters. The van der Waals surface area contributed by atoms with Crippen LogP contribution in [0.15, 0.2) is 23.1 Å². The first-order chi connectivity index (χ1) is 10.0. The highest BCUT2D eigenvalue weighted by molar-refractivity contribution is 7.99. The summed E-state index contributed by atoms with van der Waals surface area (Å²) in [6.45, 7) is 3.17. The molecule has 0 radical (unpaired) electrons. The van der Waals surface area contributed by atoms with Crippen LogP contribution in [-0.2, 0) is 12.7 Å². The summed E-state index contributed by atoms with van der Waals surface area (Å²) in [5.74, 6) is 1.38. The number of halogens is 3. The standard InChI is InChI=1S/C16H22F3NS/c1-2-20-10-13-7-8-15(14(9-13)16(17,18)19)21-11-12-5-3-4-6-12/h7-9,12,20H,2-6,10-11H2,1H3. The van der Waals surface area contributed by atoms with E-state index in [1.165, 1.54) is 30.7 Å². The number of hydrogen-bond acceptors (Lipinski definition) is 2. The topological polar surface area (TPSA) is 12.0 Å². The van der Waals surface area contributed by atoms with Gasteiger partial charge in [-0.25, -0.2) is 0 Å². The number of alkyl halides is 3. The van der Waals surface area contributed by atoms with Gasteiger partial charge in [0, 0.05) is 17.2 Å². The largest absolute Gasteiger partial charge is 0.417 e. The Balaban J connectivity index is 2.10. The Kier molecular flexibility index (Phi) is 5.99. The van der Waals surface area contributed by atoms with Crippen molar-refractivity contribution in [2.45, 2.75) is 50.2 Å². The second-order valence-corrected chi connectivity index (χ2v) is 6.63. The third-order valence-electron chi connectivity index (χ3n) is 3.88. The molecule has 118 valence electrons. The number of benzene rings is 1. The first-order valence-corrected chi connectivity index (χ1v) is 8.53. The van der Waals surface area contributed by atoms with Crippen LogP contribution >= 0.6 is 11.8 Å². The van der Waals surface area contributed by atoms with E-state index in [0.29, 0.717) is 22.9 Å². The van der Waals surface area contributed by atoms with Gasteiger partial charge in [0.15, 0.2) is 0 Å². The molecule has 1 N–H and O–H groups in total. The van der Waals surface area contributed by atoms with E-state index in [9.17, 15) is 13.2 Å². The highest BCUT2D eigenvalue weighted by Crippen LogP contribution is 2.39. The van der Waals surface area contributed by atoms with Crippen LogP contribution in [0.25, 0.3) is 0 Å². The lowest BCUT2D eigenvalue weighted by Gasteiger charge is -2.16. The summed E-state index contributed by atoms with van der Waals surface area (Å²) >= 11 is 1.36. The highest BCUT2D eigenvalue weighted by atomic mass is 32.2. The molecule has 0 aromatic heterocycles. The zero-order valence-electron chi connectivity index (χ0n) is 12.3. The van der Waals surface area contributed by atoms with Crippen LogP contribution < -0.4 is 5.32 Å². The molecule has 0 saturated heterocycles. The smallest absolute Gasteiger partial charge is 0.313 e. The third-order valence-corrected chi connectivity index (χ3v) is 5.18. The fraction of sp³-hybridized carbons (Fsp3) is 0.625. The van der Waals surface area contributed by atoms with Gasteiger partial charge in [-0.15, -0.1) is 11.8 Å². The van der Waals surface area contributed by atoms with Gasteiger partial charge in [-0.05, 0) is 43.0 Å². The van der Waals surface area contributed by atoms with E-state index < -0.39 is 11.7 Å². The molecule has 1 saturated carbocycles. The van der Waals surface area contributed by atoms with Crippen molar-refractivity contribution in [3.05, 3.63) is 29.3 Å². The van der Waals surface area contributed by atoms with Crippen LogP contribution in [-0.4, -0.2) is 12.3 Å². The monoisotopic (exact) mass is 317 g/mol. The first kappa shape index (κ1) is 16.7. The number of hydrogen-bond donors (Lipinski definition) is 1. The van der Waals surface area contributed by atoms with Crippen LogP contribution in [0.2, 0.25) is 0 Å². The van der Waals surface area contributed by atoms with Gasteiger partial charge < -0.3 is 5.32 Å². The lowest BCUT2D eigenvalue weighted by atomic mass is 10.1. The molecule has 0 spiro atoms. The molecule has 0 aliphatic heterocycles. The third kappa shape index (κ3) is 4.92. The van der Waals surface area contributed by atoms with Gasteiger partial charge in [0.2, 0.25) is 0 Å². The minimum Gasteiger partial charge on any atom is -0.313 e. The molecule has 0 heterocycles. The molecular formula is C16H22F3NS. The maximum Gasteiger partial charge on any atom is 0.417 e. The second kappa shape index (κ2) is 7.54. The summed E-state index contributed by atoms with van der Waals surface area (Å²) in [4.78, 5) is 0.370. The van der Waals surface area contributed by atoms with Crippen LogP contribution in [0.5, 0.6) is 0 Å². The molecule has 1 nitrogen and oxygen atoms in total. The summed E-state index contributed by atoms with van der Waals surface area (Å²) in [6, 6.07) is 4.73. The SMILES string of the molecule is CCNCc1ccc(SCC2CCCC2)c(C(F)(F)F)c1. The van der Waals surface area contributed by atoms with Gasteiger partial charge in [-0.2, -0.15) is 13.2 Å². The predicted molar refractivity (Wildman–Crippen MR) is 81.5 cm³/mol. The minimum atomic E-state index is -4.28. The van der Waals surface area contributed by atoms with E-state index >= 15 is 0 Å². The van der Waals surface area contributed by atoms with Gasteiger partial charge in [-0.1, -0.05) is 25.8 Å². The van der Waals surface area contributed by atoms with Crippen molar-refractivity contribution in [1.82, 2.24) is 5.32 Å². The summed E-state index contributed by atoms with van der Waals surface area (Å²) in [7, 11) is 0. The van der Waals surface area contributed by atoms with Gasteiger partial charge >= 0.3 is 6.18 Å². The normalized spacial score (nSPS) is 16.6. The van der Waals surface area contributed by atoms with Crippen molar-refractivity contribution in [3.63, 3.8) is 0 Å². The molecule has 2 rings (SSSR count). The minimum absolute atomic E-state index is 0.370. The number of nitrogens with one attached hydrogen (secondary N) is 1. The molecule has 1 aromatic carbocycles. The lowest BCUT2D eigenvalue weighted by Crippen LogP contribution is -2.14. The Morgan fingerprint density at radius 3 is 2.57 bits per heavy atom. The maximum absolute atomic E-state index is 13.2. The van der Waals surface area contributed by atoms with E-state index in [4.69, 9.17) is 0 Å². The quantitative estimate of drug-likeness (QED) is 0.733. The predicted octanol–water partition coefficient (Wildman–Crippen LogP) is 5.10. The zero-order valence-corrected chi connectivity index (χ0v) is 13.1. The first-order valence-electron chi connectivity index (χ1n) is 7.54. The van der Waals surface area contributed by atoms with Gasteiger partial charge in [0.05, 0.1) is 5.56 Å². The maximum atomic E-state index is 13.2. The molecule has 1 fully saturated rings. The van der Waals surface area contributed by atoms with Crippen LogP contribution in [0.4, 0.5) is 13.2 Å². The summed E-state index contributed by atoms with van der Waals surface area (Å²) in [6.07, 6.45) is 0.484. The van der Waals surface area contributed by atoms with Crippen molar-refractivity contribution in [3.8, 4) is 0 Å². The van der Waals surface area contributed by atoms with Crippen LogP contribution in [0, 0.1) is 5.92 Å². The Morgan fingerprint density at radius 2 is 1.95 bits per heavy atom. The number of rotatable bonds is 6. The molecule has 1 aliphatic rings. The lowest BCUT2D eigenvalue weighted by molar-refractivity contribution is -0.139. The van der Waals surface area contributed by atoms with Crippen molar-refractivity contribution in [2.75, 3.05) is 12.3 Å². The Hall–Kier alpha value is -0.680. The summed E-state index contributed by atoms with van der Waals surface area (Å²) < 4.78 is 39.7. The van der Waals surface area contributed by atoms with E-state index in [1.807, 2.05) is 6.92 Å². The molecular weight excluding hydrogens is 295 g/mol. The van der Waals surface area contributed by atoms with E-state index in [1.54, 1.807) is 12.1 Å². The van der Waals surface area contributed by atoms with Crippen molar-refractivity contribution >= 4 is 11.8 Å². The molecule has 5 heteroatoms. The van der Waals surface area contributed by atoms with E-state index in [-0.39, 0.29) is 0 Å². The average molecular weight is 317 g/mol. The molecule has 0 amide bonds. The van der Waals surface area contributed by atoms with E-state index in [0.717, 1.165) is 25.1 Å². The zero-order chi connectivity index (χ0) is 15.3. The second-order valence-electron chi connectivity index (χ2n) is 5.57. The Labute approximate surface area is 128 Å². The Bertz CT molecular complexity index is 453. The summed E-state index contributed by atoms with van der Waals surface area (Å²) in [5.41, 5.74) is 0.204. The Morgan fingerprint density at radius 1 is 1.24 bits per heavy atom. The van der Waals surface area contributed by atoms with Gasteiger partial charge in [0.1, 0.15) is 0 Å². The van der Waals surface area contributed by atoms with Crippen molar-refractivity contribution < 1.29 is 13.2 Å². The molecule has 1 aromatic rings. The molecule has 0 unspecified atom stereocenters. The average Bonchev–Trinajstić information content (AvgIpc) is 2.95. The van der Waals surface area contributed by atoms with Gasteiger partial charge in [0.25, 0.3) is 0 Å². The van der Waals surface area contributed by atoms with Crippen LogP contribution in [0.1, 0.15) is 43.7 Å². The fourth-order valence-corrected chi connectivity index (χ4v) is 3.93. The van der Waals surface area contributed by atoms with Crippen molar-refractivity contribution in [2.24, 2.45) is 5.92 Å². The van der Waals surface area contributed by atoms with E-state index in [2.05, 4.69) is 5.32 Å². The highest BCUT2D eigenvalue weighted by Gasteiger charge is 2.34. The fourth-order valence-electron chi connectivity index (χ4n) is 2.69. The van der Waals surface area contributed by atoms with Crippen LogP contribution in [0.3, 0.4) is 0 Å². The summed E-state index contributed by atoms with van der Waals surface area (Å²) in [5, 5.41) is 3.07. The number of thioether (sulfide) groups is 1. The molecule has 21 heavy (non-hydrogen) atoms. The molecule has 1 aliphatic carbocycles. The van der Waals surface area contributed by atoms with Gasteiger partial charge in [-0.3, -0.25) is 0 Å². The molecule has 0 bridgehead atoms. The van der Waals surface area contributed by atoms with Crippen molar-refractivity contribution in [1.29, 1.82) is 0 Å².